The van der Waals surface area contributed by atoms with Crippen molar-refractivity contribution in [3.8, 4) is 50.8 Å². The molecule has 192 valence electrons. The lowest BCUT2D eigenvalue weighted by molar-refractivity contribution is 1.07. The van der Waals surface area contributed by atoms with Crippen molar-refractivity contribution in [3.05, 3.63) is 142 Å². The van der Waals surface area contributed by atoms with E-state index >= 15 is 0 Å². The lowest BCUT2D eigenvalue weighted by Gasteiger charge is -2.15. The van der Waals surface area contributed by atoms with Gasteiger partial charge in [-0.1, -0.05) is 123 Å². The molecule has 0 saturated carbocycles. The number of rotatable bonds is 5. The van der Waals surface area contributed by atoms with E-state index in [-0.39, 0.29) is 0 Å². The van der Waals surface area contributed by atoms with Crippen molar-refractivity contribution in [3.63, 3.8) is 0 Å². The number of H-pyrrole nitrogens is 1. The Bertz CT molecular complexity index is 1940. The lowest BCUT2D eigenvalue weighted by atomic mass is 10.0. The van der Waals surface area contributed by atoms with Crippen LogP contribution in [0.2, 0.25) is 0 Å². The molecule has 0 unspecified atom stereocenters. The van der Waals surface area contributed by atoms with Crippen molar-refractivity contribution in [1.82, 2.24) is 14.5 Å². The number of nitrogens with zero attached hydrogens (tertiary/aromatic N) is 2. The minimum Gasteiger partial charge on any atom is -0.354 e. The highest BCUT2D eigenvalue weighted by Crippen LogP contribution is 2.44. The Morgan fingerprint density at radius 3 is 1.80 bits per heavy atom. The quantitative estimate of drug-likeness (QED) is 0.199. The molecule has 7 aromatic rings. The summed E-state index contributed by atoms with van der Waals surface area (Å²) in [6.45, 7) is 0. The standard InChI is InChI=1S/C35H23Br2N3/c36-26-16-19-28(20-17-26)40-34(25-14-8-3-9-15-25)33(24-12-6-2-7-13-24)39-35(40)31-29-22-27(37)18-21-30(29)38-32(31)23-10-4-1-5-11-23/h1-22,38H. The van der Waals surface area contributed by atoms with E-state index in [4.69, 9.17) is 4.98 Å². The molecule has 3 nitrogen and oxygen atoms in total. The zero-order valence-electron chi connectivity index (χ0n) is 21.4. The normalized spacial score (nSPS) is 11.2. The van der Waals surface area contributed by atoms with Gasteiger partial charge in [0.15, 0.2) is 0 Å². The summed E-state index contributed by atoms with van der Waals surface area (Å²) in [4.78, 5) is 9.20. The Morgan fingerprint density at radius 1 is 0.575 bits per heavy atom. The average molecular weight is 645 g/mol. The number of nitrogens with one attached hydrogen (secondary N) is 1. The van der Waals surface area contributed by atoms with Gasteiger partial charge in [0, 0.05) is 36.7 Å². The molecule has 2 aromatic heterocycles. The van der Waals surface area contributed by atoms with Crippen LogP contribution >= 0.6 is 31.9 Å². The molecule has 7 rings (SSSR count). The predicted octanol–water partition coefficient (Wildman–Crippen LogP) is 10.5. The van der Waals surface area contributed by atoms with Gasteiger partial charge in [0.2, 0.25) is 0 Å². The molecule has 2 heterocycles. The maximum Gasteiger partial charge on any atom is 0.148 e. The summed E-state index contributed by atoms with van der Waals surface area (Å²) in [6, 6.07) is 46.3. The number of fused-ring (bicyclic) bond motifs is 1. The minimum absolute atomic E-state index is 0.878. The van der Waals surface area contributed by atoms with Gasteiger partial charge in [0.25, 0.3) is 0 Å². The maximum absolute atomic E-state index is 5.48. The van der Waals surface area contributed by atoms with Crippen LogP contribution in [0, 0.1) is 0 Å². The van der Waals surface area contributed by atoms with Gasteiger partial charge in [-0.15, -0.1) is 0 Å². The molecule has 40 heavy (non-hydrogen) atoms. The second kappa shape index (κ2) is 10.4. The SMILES string of the molecule is Brc1ccc(-n2c(-c3c(-c4ccccc4)[nH]c4ccc(Br)cc34)nc(-c3ccccc3)c2-c2ccccc2)cc1. The molecule has 1 N–H and O–H groups in total. The number of aromatic nitrogens is 3. The summed E-state index contributed by atoms with van der Waals surface area (Å²) in [5, 5.41) is 1.11. The summed E-state index contributed by atoms with van der Waals surface area (Å²) in [5.74, 6) is 0.878. The van der Waals surface area contributed by atoms with Crippen LogP contribution in [0.1, 0.15) is 0 Å². The Morgan fingerprint density at radius 2 is 1.15 bits per heavy atom. The van der Waals surface area contributed by atoms with Crippen LogP contribution in [0.15, 0.2) is 142 Å². The molecule has 0 amide bonds. The maximum atomic E-state index is 5.48. The van der Waals surface area contributed by atoms with Crippen LogP contribution in [-0.4, -0.2) is 14.5 Å². The molecule has 0 aliphatic carbocycles. The van der Waals surface area contributed by atoms with Crippen molar-refractivity contribution >= 4 is 42.8 Å². The van der Waals surface area contributed by atoms with Gasteiger partial charge < -0.3 is 4.98 Å². The van der Waals surface area contributed by atoms with Gasteiger partial charge in [0.1, 0.15) is 5.82 Å². The molecule has 0 aliphatic heterocycles. The highest BCUT2D eigenvalue weighted by molar-refractivity contribution is 9.10. The number of hydrogen-bond donors (Lipinski definition) is 1. The third-order valence-corrected chi connectivity index (χ3v) is 8.13. The number of aromatic amines is 1. The summed E-state index contributed by atoms with van der Waals surface area (Å²) in [5.41, 5.74) is 9.46. The first kappa shape index (κ1) is 24.8. The van der Waals surface area contributed by atoms with Crippen molar-refractivity contribution in [2.75, 3.05) is 0 Å². The lowest BCUT2D eigenvalue weighted by Crippen LogP contribution is -2.01. The fourth-order valence-corrected chi connectivity index (χ4v) is 5.93. The number of halogens is 2. The first-order valence-corrected chi connectivity index (χ1v) is 14.6. The van der Waals surface area contributed by atoms with E-state index in [1.54, 1.807) is 0 Å². The van der Waals surface area contributed by atoms with E-state index in [9.17, 15) is 0 Å². The number of imidazole rings is 1. The van der Waals surface area contributed by atoms with Crippen LogP contribution in [0.5, 0.6) is 0 Å². The van der Waals surface area contributed by atoms with Gasteiger partial charge in [0.05, 0.1) is 22.6 Å². The monoisotopic (exact) mass is 643 g/mol. The molecule has 0 radical (unpaired) electrons. The van der Waals surface area contributed by atoms with Gasteiger partial charge in [-0.3, -0.25) is 4.57 Å². The van der Waals surface area contributed by atoms with E-state index in [0.717, 1.165) is 70.7 Å². The Labute approximate surface area is 249 Å². The molecule has 0 atom stereocenters. The molecule has 0 saturated heterocycles. The summed E-state index contributed by atoms with van der Waals surface area (Å²) in [7, 11) is 0. The fourth-order valence-electron chi connectivity index (χ4n) is 5.31. The van der Waals surface area contributed by atoms with Crippen LogP contribution in [-0.2, 0) is 0 Å². The Hall–Kier alpha value is -4.19. The van der Waals surface area contributed by atoms with Crippen LogP contribution in [0.3, 0.4) is 0 Å². The van der Waals surface area contributed by atoms with Crippen LogP contribution in [0.25, 0.3) is 61.8 Å². The summed E-state index contributed by atoms with van der Waals surface area (Å²) < 4.78 is 4.36. The smallest absolute Gasteiger partial charge is 0.148 e. The van der Waals surface area contributed by atoms with Gasteiger partial charge in [-0.25, -0.2) is 4.98 Å². The van der Waals surface area contributed by atoms with Gasteiger partial charge >= 0.3 is 0 Å². The zero-order chi connectivity index (χ0) is 27.1. The van der Waals surface area contributed by atoms with Gasteiger partial charge in [-0.05, 0) is 48.0 Å². The first-order valence-electron chi connectivity index (χ1n) is 13.0. The van der Waals surface area contributed by atoms with E-state index in [0.29, 0.717) is 0 Å². The van der Waals surface area contributed by atoms with Crippen LogP contribution < -0.4 is 0 Å². The zero-order valence-corrected chi connectivity index (χ0v) is 24.5. The largest absolute Gasteiger partial charge is 0.354 e. The molecule has 0 spiro atoms. The Kier molecular flexibility index (Phi) is 6.46. The Balaban J connectivity index is 1.65. The molecule has 0 aliphatic rings. The number of benzene rings is 5. The third kappa shape index (κ3) is 4.41. The summed E-state index contributed by atoms with van der Waals surface area (Å²) >= 11 is 7.35. The van der Waals surface area contributed by atoms with Crippen molar-refractivity contribution in [1.29, 1.82) is 0 Å². The first-order chi connectivity index (χ1) is 19.7. The van der Waals surface area contributed by atoms with E-state index in [1.807, 2.05) is 12.1 Å². The molecule has 5 heteroatoms. The number of hydrogen-bond acceptors (Lipinski definition) is 1. The molecular weight excluding hydrogens is 622 g/mol. The topological polar surface area (TPSA) is 33.6 Å². The average Bonchev–Trinajstić information content (AvgIpc) is 3.57. The van der Waals surface area contributed by atoms with Gasteiger partial charge in [-0.2, -0.15) is 0 Å². The second-order valence-corrected chi connectivity index (χ2v) is 11.4. The van der Waals surface area contributed by atoms with Crippen molar-refractivity contribution in [2.24, 2.45) is 0 Å². The van der Waals surface area contributed by atoms with Crippen molar-refractivity contribution < 1.29 is 0 Å². The minimum atomic E-state index is 0.878. The van der Waals surface area contributed by atoms with E-state index in [2.05, 4.69) is 163 Å². The van der Waals surface area contributed by atoms with E-state index in [1.165, 1.54) is 0 Å². The third-order valence-electron chi connectivity index (χ3n) is 7.10. The fraction of sp³-hybridized carbons (Fsp3) is 0. The van der Waals surface area contributed by atoms with E-state index < -0.39 is 0 Å². The van der Waals surface area contributed by atoms with Crippen LogP contribution in [0.4, 0.5) is 0 Å². The van der Waals surface area contributed by atoms with Crippen molar-refractivity contribution in [2.45, 2.75) is 0 Å². The second-order valence-electron chi connectivity index (χ2n) is 9.61. The summed E-state index contributed by atoms with van der Waals surface area (Å²) in [6.07, 6.45) is 0. The molecular formula is C35H23Br2N3. The predicted molar refractivity (Wildman–Crippen MR) is 173 cm³/mol. The molecule has 0 fully saturated rings. The molecule has 5 aromatic carbocycles. The molecule has 0 bridgehead atoms. The highest BCUT2D eigenvalue weighted by Gasteiger charge is 2.26. The highest BCUT2D eigenvalue weighted by atomic mass is 79.9.